The summed E-state index contributed by atoms with van der Waals surface area (Å²) in [7, 11) is 2.04. The van der Waals surface area contributed by atoms with Gasteiger partial charge in [0.05, 0.1) is 0 Å². The first kappa shape index (κ1) is 14.4. The first-order chi connectivity index (χ1) is 10.6. The molecule has 0 spiro atoms. The molecule has 1 aliphatic rings. The van der Waals surface area contributed by atoms with Gasteiger partial charge in [0.1, 0.15) is 17.3 Å². The molecule has 3 rings (SSSR count). The highest BCUT2D eigenvalue weighted by Crippen LogP contribution is 2.34. The third-order valence-corrected chi connectivity index (χ3v) is 3.76. The molecule has 114 valence electrons. The standard InChI is InChI=1S/C17H20N4O/c1-12-17(20-15-11-14(18)3-4-16(15)22-12)21(2)10-7-13-5-8-19-9-6-13/h3-6,8-9,11-12H,7,10,18H2,1-2H3. The predicted molar refractivity (Wildman–Crippen MR) is 88.6 cm³/mol. The molecule has 1 atom stereocenters. The molecular weight excluding hydrogens is 276 g/mol. The van der Waals surface area contributed by atoms with Gasteiger partial charge in [-0.1, -0.05) is 0 Å². The van der Waals surface area contributed by atoms with Crippen LogP contribution < -0.4 is 10.5 Å². The number of aliphatic imine (C=N–C) groups is 1. The number of pyridine rings is 1. The topological polar surface area (TPSA) is 63.7 Å². The van der Waals surface area contributed by atoms with Crippen molar-refractivity contribution in [3.8, 4) is 5.75 Å². The molecule has 5 nitrogen and oxygen atoms in total. The van der Waals surface area contributed by atoms with E-state index in [1.165, 1.54) is 5.56 Å². The van der Waals surface area contributed by atoms with E-state index in [4.69, 9.17) is 15.5 Å². The molecule has 1 aliphatic heterocycles. The number of nitrogen functional groups attached to an aromatic ring is 1. The van der Waals surface area contributed by atoms with Gasteiger partial charge in [-0.2, -0.15) is 0 Å². The fourth-order valence-electron chi connectivity index (χ4n) is 2.54. The van der Waals surface area contributed by atoms with Crippen molar-refractivity contribution < 1.29 is 4.74 Å². The van der Waals surface area contributed by atoms with E-state index < -0.39 is 0 Å². The van der Waals surface area contributed by atoms with E-state index in [2.05, 4.69) is 9.88 Å². The van der Waals surface area contributed by atoms with Crippen LogP contribution in [0.3, 0.4) is 0 Å². The maximum Gasteiger partial charge on any atom is 0.153 e. The summed E-state index contributed by atoms with van der Waals surface area (Å²) in [6.07, 6.45) is 4.50. The molecule has 0 saturated heterocycles. The van der Waals surface area contributed by atoms with Gasteiger partial charge >= 0.3 is 0 Å². The summed E-state index contributed by atoms with van der Waals surface area (Å²) in [6, 6.07) is 9.62. The zero-order valence-corrected chi connectivity index (χ0v) is 12.9. The van der Waals surface area contributed by atoms with Crippen LogP contribution in [0.5, 0.6) is 5.75 Å². The van der Waals surface area contributed by atoms with Crippen molar-refractivity contribution in [1.82, 2.24) is 9.88 Å². The Bertz CT molecular complexity index is 684. The van der Waals surface area contributed by atoms with Crippen LogP contribution in [-0.2, 0) is 6.42 Å². The minimum absolute atomic E-state index is 0.0708. The van der Waals surface area contributed by atoms with Gasteiger partial charge in [-0.15, -0.1) is 0 Å². The lowest BCUT2D eigenvalue weighted by Gasteiger charge is -2.30. The maximum atomic E-state index is 5.93. The van der Waals surface area contributed by atoms with Crippen molar-refractivity contribution in [3.05, 3.63) is 48.3 Å². The number of anilines is 1. The fraction of sp³-hybridized carbons (Fsp3) is 0.294. The van der Waals surface area contributed by atoms with Gasteiger partial charge in [-0.25, -0.2) is 4.99 Å². The second kappa shape index (κ2) is 6.05. The van der Waals surface area contributed by atoms with Gasteiger partial charge in [0.25, 0.3) is 0 Å². The zero-order chi connectivity index (χ0) is 15.5. The van der Waals surface area contributed by atoms with Crippen LogP contribution in [0.25, 0.3) is 0 Å². The normalized spacial score (nSPS) is 16.5. The summed E-state index contributed by atoms with van der Waals surface area (Å²) < 4.78 is 5.93. The molecule has 1 unspecified atom stereocenters. The van der Waals surface area contributed by atoms with E-state index in [1.54, 1.807) is 0 Å². The highest BCUT2D eigenvalue weighted by atomic mass is 16.5. The van der Waals surface area contributed by atoms with E-state index in [9.17, 15) is 0 Å². The average molecular weight is 296 g/mol. The SMILES string of the molecule is CC1Oc2ccc(N)cc2N=C1N(C)CCc1ccncc1. The summed E-state index contributed by atoms with van der Waals surface area (Å²) in [5.74, 6) is 1.71. The highest BCUT2D eigenvalue weighted by Gasteiger charge is 2.23. The summed E-state index contributed by atoms with van der Waals surface area (Å²) in [5, 5.41) is 0. The van der Waals surface area contributed by atoms with Crippen LogP contribution in [0.2, 0.25) is 0 Å². The summed E-state index contributed by atoms with van der Waals surface area (Å²) in [6.45, 7) is 2.88. The third-order valence-electron chi connectivity index (χ3n) is 3.76. The first-order valence-electron chi connectivity index (χ1n) is 7.38. The third kappa shape index (κ3) is 3.03. The molecule has 22 heavy (non-hydrogen) atoms. The van der Waals surface area contributed by atoms with Crippen LogP contribution in [-0.4, -0.2) is 35.4 Å². The molecule has 0 aliphatic carbocycles. The molecule has 0 amide bonds. The van der Waals surface area contributed by atoms with Crippen LogP contribution >= 0.6 is 0 Å². The van der Waals surface area contributed by atoms with E-state index in [1.807, 2.05) is 56.7 Å². The molecule has 2 N–H and O–H groups in total. The molecule has 0 radical (unpaired) electrons. The number of hydrogen-bond donors (Lipinski definition) is 1. The van der Waals surface area contributed by atoms with Crippen LogP contribution in [0.15, 0.2) is 47.7 Å². The molecule has 2 heterocycles. The molecule has 0 bridgehead atoms. The van der Waals surface area contributed by atoms with Crippen molar-refractivity contribution in [3.63, 3.8) is 0 Å². The van der Waals surface area contributed by atoms with E-state index in [0.29, 0.717) is 5.69 Å². The molecular formula is C17H20N4O. The second-order valence-electron chi connectivity index (χ2n) is 5.48. The average Bonchev–Trinajstić information content (AvgIpc) is 2.53. The summed E-state index contributed by atoms with van der Waals surface area (Å²) in [4.78, 5) is 10.9. The first-order valence-corrected chi connectivity index (χ1v) is 7.38. The molecule has 1 aromatic heterocycles. The van der Waals surface area contributed by atoms with Crippen molar-refractivity contribution in [1.29, 1.82) is 0 Å². The van der Waals surface area contributed by atoms with Gasteiger partial charge in [-0.05, 0) is 49.2 Å². The quantitative estimate of drug-likeness (QED) is 0.884. The lowest BCUT2D eigenvalue weighted by atomic mass is 10.1. The fourth-order valence-corrected chi connectivity index (χ4v) is 2.54. The van der Waals surface area contributed by atoms with Gasteiger partial charge in [0.15, 0.2) is 6.10 Å². The number of nitrogens with two attached hydrogens (primary N) is 1. The number of aromatic nitrogens is 1. The Morgan fingerprint density at radius 1 is 1.23 bits per heavy atom. The van der Waals surface area contributed by atoms with Crippen molar-refractivity contribution >= 4 is 17.2 Å². The Hall–Kier alpha value is -2.56. The van der Waals surface area contributed by atoms with Gasteiger partial charge < -0.3 is 15.4 Å². The van der Waals surface area contributed by atoms with Crippen LogP contribution in [0, 0.1) is 0 Å². The molecule has 1 aromatic carbocycles. The largest absolute Gasteiger partial charge is 0.481 e. The second-order valence-corrected chi connectivity index (χ2v) is 5.48. The Morgan fingerprint density at radius 2 is 2.00 bits per heavy atom. The lowest BCUT2D eigenvalue weighted by Crippen LogP contribution is -2.40. The summed E-state index contributed by atoms with van der Waals surface area (Å²) >= 11 is 0. The molecule has 0 fully saturated rings. The predicted octanol–water partition coefficient (Wildman–Crippen LogP) is 2.65. The highest BCUT2D eigenvalue weighted by molar-refractivity contribution is 5.91. The van der Waals surface area contributed by atoms with Gasteiger partial charge in [0, 0.05) is 31.7 Å². The Balaban J connectivity index is 1.75. The van der Waals surface area contributed by atoms with Crippen LogP contribution in [0.1, 0.15) is 12.5 Å². The van der Waals surface area contributed by atoms with Crippen LogP contribution in [0.4, 0.5) is 11.4 Å². The summed E-state index contributed by atoms with van der Waals surface area (Å²) in [5.41, 5.74) is 8.58. The zero-order valence-electron chi connectivity index (χ0n) is 12.9. The van der Waals surface area contributed by atoms with Crippen molar-refractivity contribution in [2.45, 2.75) is 19.4 Å². The number of ether oxygens (including phenoxy) is 1. The Labute approximate surface area is 130 Å². The lowest BCUT2D eigenvalue weighted by molar-refractivity contribution is 0.261. The van der Waals surface area contributed by atoms with Gasteiger partial charge in [0.2, 0.25) is 0 Å². The smallest absolute Gasteiger partial charge is 0.153 e. The van der Waals surface area contributed by atoms with Gasteiger partial charge in [-0.3, -0.25) is 4.98 Å². The Kier molecular flexibility index (Phi) is 3.96. The minimum Gasteiger partial charge on any atom is -0.481 e. The number of nitrogens with zero attached hydrogens (tertiary/aromatic N) is 3. The molecule has 2 aromatic rings. The van der Waals surface area contributed by atoms with E-state index >= 15 is 0 Å². The van der Waals surface area contributed by atoms with E-state index in [-0.39, 0.29) is 6.10 Å². The number of likely N-dealkylation sites (N-methyl/N-ethyl adjacent to an activating group) is 1. The minimum atomic E-state index is -0.0708. The number of fused-ring (bicyclic) bond motifs is 1. The number of rotatable bonds is 3. The van der Waals surface area contributed by atoms with Crippen molar-refractivity contribution in [2.24, 2.45) is 4.99 Å². The Morgan fingerprint density at radius 3 is 2.77 bits per heavy atom. The monoisotopic (exact) mass is 296 g/mol. The maximum absolute atomic E-state index is 5.93. The van der Waals surface area contributed by atoms with E-state index in [0.717, 1.165) is 30.2 Å². The number of hydrogen-bond acceptors (Lipinski definition) is 5. The number of amidine groups is 1. The molecule has 0 saturated carbocycles. The number of benzene rings is 1. The molecule has 5 heteroatoms. The van der Waals surface area contributed by atoms with Crippen molar-refractivity contribution in [2.75, 3.05) is 19.3 Å².